The maximum absolute atomic E-state index is 11.2. The molecule has 0 amide bonds. The minimum atomic E-state index is -4.52. The molecular weight excluding hydrogens is 511 g/mol. The molecular formula is C22H32ClN6O6P. The lowest BCUT2D eigenvalue weighted by atomic mass is 9.43. The predicted octanol–water partition coefficient (Wildman–Crippen LogP) is 1.94. The Morgan fingerprint density at radius 2 is 1.83 bits per heavy atom. The molecule has 14 heteroatoms. The second-order valence-electron chi connectivity index (χ2n) is 12.2. The molecule has 1 saturated heterocycles. The molecule has 0 aromatic carbocycles. The number of rotatable bonds is 6. The van der Waals surface area contributed by atoms with E-state index in [2.05, 4.69) is 34.1 Å². The van der Waals surface area contributed by atoms with Crippen LogP contribution in [0.4, 0.5) is 5.82 Å². The molecule has 7 rings (SSSR count). The van der Waals surface area contributed by atoms with E-state index in [4.69, 9.17) is 26.1 Å². The van der Waals surface area contributed by atoms with Crippen molar-refractivity contribution in [2.75, 3.05) is 11.9 Å². The molecule has 2 aromatic heterocycles. The van der Waals surface area contributed by atoms with Gasteiger partial charge in [0.2, 0.25) is 5.28 Å². The van der Waals surface area contributed by atoms with Crippen molar-refractivity contribution in [3.63, 3.8) is 0 Å². The summed E-state index contributed by atoms with van der Waals surface area (Å²) in [6, 6.07) is 0. The van der Waals surface area contributed by atoms with Gasteiger partial charge in [0.05, 0.1) is 6.33 Å². The maximum atomic E-state index is 11.2. The highest BCUT2D eigenvalue weighted by Crippen LogP contribution is 2.67. The van der Waals surface area contributed by atoms with E-state index in [9.17, 15) is 14.8 Å². The number of fused-ring (bicyclic) bond motifs is 1. The quantitative estimate of drug-likeness (QED) is 0.232. The topological polar surface area (TPSA) is 175 Å². The Morgan fingerprint density at radius 1 is 1.14 bits per heavy atom. The molecule has 4 saturated carbocycles. The zero-order valence-electron chi connectivity index (χ0n) is 20.1. The molecule has 5 aliphatic rings. The normalized spacial score (nSPS) is 41.9. The standard InChI is InChI=1S/C22H32ClN6O6P/c1-20-3-11-4-21(2,7-20)9-22(5-11,8-20)28-16-13-17(27-19(23)26-16)29(10-24-13)18-15(31)14(30)12(35-18)6-25-36(32,33)34/h10-12,14-15,18,30-31H,3-9H2,1-2H3,(H,26,27,28)(H3,25,32,33,34)/t11?,12-,14?,15?,18-,20-,21+,22?/m1/s1. The van der Waals surface area contributed by atoms with Crippen LogP contribution in [0.5, 0.6) is 0 Å². The first-order chi connectivity index (χ1) is 16.8. The van der Waals surface area contributed by atoms with Crippen LogP contribution in [0.2, 0.25) is 5.28 Å². The van der Waals surface area contributed by atoms with Crippen LogP contribution >= 0.6 is 19.3 Å². The largest absolute Gasteiger partial charge is 0.400 e. The van der Waals surface area contributed by atoms with Crippen LogP contribution in [0.3, 0.4) is 0 Å². The van der Waals surface area contributed by atoms with Crippen molar-refractivity contribution in [3.8, 4) is 0 Å². The minimum absolute atomic E-state index is 0.0154. The lowest BCUT2D eigenvalue weighted by molar-refractivity contribution is -0.0973. The molecule has 6 N–H and O–H groups in total. The van der Waals surface area contributed by atoms with E-state index < -0.39 is 32.3 Å². The van der Waals surface area contributed by atoms with Crippen molar-refractivity contribution in [2.24, 2.45) is 16.7 Å². The molecule has 5 fully saturated rings. The summed E-state index contributed by atoms with van der Waals surface area (Å²) in [6.07, 6.45) is 3.51. The maximum Gasteiger partial charge on any atom is 0.400 e. The summed E-state index contributed by atoms with van der Waals surface area (Å²) in [5.74, 6) is 1.21. The van der Waals surface area contributed by atoms with Crippen molar-refractivity contribution in [1.29, 1.82) is 0 Å². The fourth-order valence-corrected chi connectivity index (χ4v) is 8.92. The first-order valence-electron chi connectivity index (χ1n) is 12.3. The number of halogens is 1. The van der Waals surface area contributed by atoms with Crippen LogP contribution in [-0.4, -0.2) is 69.9 Å². The number of anilines is 1. The van der Waals surface area contributed by atoms with Gasteiger partial charge in [0.15, 0.2) is 23.2 Å². The van der Waals surface area contributed by atoms with E-state index in [1.807, 2.05) is 5.09 Å². The molecule has 198 valence electrons. The van der Waals surface area contributed by atoms with Crippen molar-refractivity contribution in [2.45, 2.75) is 82.5 Å². The van der Waals surface area contributed by atoms with Gasteiger partial charge in [0.1, 0.15) is 18.3 Å². The summed E-state index contributed by atoms with van der Waals surface area (Å²) in [5, 5.41) is 26.8. The van der Waals surface area contributed by atoms with Crippen LogP contribution in [0.15, 0.2) is 6.33 Å². The van der Waals surface area contributed by atoms with Crippen LogP contribution in [0, 0.1) is 16.7 Å². The molecule has 4 aliphatic carbocycles. The Bertz CT molecular complexity index is 1240. The highest BCUT2D eigenvalue weighted by molar-refractivity contribution is 7.49. The first-order valence-corrected chi connectivity index (χ1v) is 14.3. The molecule has 0 radical (unpaired) electrons. The van der Waals surface area contributed by atoms with Gasteiger partial charge in [0, 0.05) is 12.1 Å². The lowest BCUT2D eigenvalue weighted by Gasteiger charge is -2.65. The molecule has 4 unspecified atom stereocenters. The number of aromatic nitrogens is 4. The molecule has 0 spiro atoms. The van der Waals surface area contributed by atoms with Crippen molar-refractivity contribution >= 4 is 36.3 Å². The van der Waals surface area contributed by atoms with Crippen LogP contribution in [0.1, 0.15) is 58.6 Å². The van der Waals surface area contributed by atoms with Crippen LogP contribution in [0.25, 0.3) is 11.2 Å². The summed E-state index contributed by atoms with van der Waals surface area (Å²) >= 11 is 6.34. The van der Waals surface area contributed by atoms with Crippen LogP contribution in [-0.2, 0) is 9.30 Å². The fourth-order valence-electron chi connectivity index (χ4n) is 8.34. The SMILES string of the molecule is C[C@]12CC3CC(Nc4nc(Cl)nc5c4ncn5[C@@H]4O[C@H](CNP(=O)(O)O)C(O)C4O)(C1)C[C@@](C)(C3)C2. The number of nitrogens with one attached hydrogen (secondary N) is 2. The average molecular weight is 543 g/mol. The van der Waals surface area contributed by atoms with Gasteiger partial charge >= 0.3 is 7.75 Å². The number of aliphatic hydroxyl groups excluding tert-OH is 2. The average Bonchev–Trinajstić information content (AvgIpc) is 3.24. The number of nitrogens with zero attached hydrogens (tertiary/aromatic N) is 4. The van der Waals surface area contributed by atoms with Crippen molar-refractivity contribution < 1.29 is 29.3 Å². The Balaban J connectivity index is 1.31. The zero-order valence-corrected chi connectivity index (χ0v) is 21.8. The highest BCUT2D eigenvalue weighted by atomic mass is 35.5. The summed E-state index contributed by atoms with van der Waals surface area (Å²) in [4.78, 5) is 31.5. The van der Waals surface area contributed by atoms with Crippen LogP contribution < -0.4 is 10.4 Å². The Hall–Kier alpha value is -1.37. The number of aliphatic hydroxyl groups is 2. The van der Waals surface area contributed by atoms with E-state index in [-0.39, 0.29) is 17.4 Å². The molecule has 2 aromatic rings. The Labute approximate surface area is 213 Å². The number of hydrogen-bond donors (Lipinski definition) is 6. The highest BCUT2D eigenvalue weighted by Gasteiger charge is 2.60. The Kier molecular flexibility index (Phi) is 5.59. The molecule has 8 atom stereocenters. The predicted molar refractivity (Wildman–Crippen MR) is 130 cm³/mol. The summed E-state index contributed by atoms with van der Waals surface area (Å²) in [7, 11) is -4.52. The summed E-state index contributed by atoms with van der Waals surface area (Å²) in [6.45, 7) is 4.44. The van der Waals surface area contributed by atoms with Gasteiger partial charge in [-0.05, 0) is 66.9 Å². The molecule has 36 heavy (non-hydrogen) atoms. The summed E-state index contributed by atoms with van der Waals surface area (Å²) in [5.41, 5.74) is 1.30. The van der Waals surface area contributed by atoms with Gasteiger partial charge in [-0.25, -0.2) is 14.6 Å². The van der Waals surface area contributed by atoms with E-state index in [1.165, 1.54) is 30.2 Å². The first kappa shape index (κ1) is 24.9. The third-order valence-corrected chi connectivity index (χ3v) is 9.28. The molecule has 12 nitrogen and oxygen atoms in total. The molecule has 3 heterocycles. The smallest absolute Gasteiger partial charge is 0.387 e. The number of imidazole rings is 1. The van der Waals surface area contributed by atoms with Gasteiger partial charge in [-0.2, -0.15) is 9.97 Å². The zero-order chi connectivity index (χ0) is 25.7. The molecule has 4 bridgehead atoms. The van der Waals surface area contributed by atoms with Gasteiger partial charge in [0.25, 0.3) is 0 Å². The van der Waals surface area contributed by atoms with Gasteiger partial charge < -0.3 is 30.1 Å². The second-order valence-corrected chi connectivity index (χ2v) is 13.9. The Morgan fingerprint density at radius 3 is 2.47 bits per heavy atom. The van der Waals surface area contributed by atoms with Gasteiger partial charge in [-0.3, -0.25) is 4.57 Å². The number of hydrogen-bond acceptors (Lipinski definition) is 8. The third-order valence-electron chi connectivity index (χ3n) is 8.51. The summed E-state index contributed by atoms with van der Waals surface area (Å²) < 4.78 is 18.4. The van der Waals surface area contributed by atoms with Crippen molar-refractivity contribution in [1.82, 2.24) is 24.6 Å². The fraction of sp³-hybridized carbons (Fsp3) is 0.773. The lowest BCUT2D eigenvalue weighted by Crippen LogP contribution is -2.61. The monoisotopic (exact) mass is 542 g/mol. The van der Waals surface area contributed by atoms with Gasteiger partial charge in [-0.1, -0.05) is 13.8 Å². The van der Waals surface area contributed by atoms with E-state index >= 15 is 0 Å². The third kappa shape index (κ3) is 4.25. The van der Waals surface area contributed by atoms with Gasteiger partial charge in [-0.15, -0.1) is 0 Å². The minimum Gasteiger partial charge on any atom is -0.387 e. The van der Waals surface area contributed by atoms with E-state index in [1.54, 1.807) is 0 Å². The van der Waals surface area contributed by atoms with E-state index in [0.29, 0.717) is 33.7 Å². The second kappa shape index (κ2) is 8.07. The number of ether oxygens (including phenoxy) is 1. The van der Waals surface area contributed by atoms with Crippen molar-refractivity contribution in [3.05, 3.63) is 11.6 Å². The van der Waals surface area contributed by atoms with E-state index in [0.717, 1.165) is 19.3 Å². The molecule has 1 aliphatic heterocycles.